The molecule has 1 N–H and O–H groups in total. The van der Waals surface area contributed by atoms with Gasteiger partial charge in [-0.1, -0.05) is 32.9 Å². The molecule has 0 aliphatic carbocycles. The zero-order valence-electron chi connectivity index (χ0n) is 16.2. The average molecular weight is 368 g/mol. The van der Waals surface area contributed by atoms with E-state index in [2.05, 4.69) is 58.4 Å². The van der Waals surface area contributed by atoms with Crippen molar-refractivity contribution in [3.63, 3.8) is 0 Å². The van der Waals surface area contributed by atoms with Crippen LogP contribution in [0.5, 0.6) is 5.75 Å². The highest BCUT2D eigenvalue weighted by atomic mass is 16.6. The van der Waals surface area contributed by atoms with Gasteiger partial charge in [0.05, 0.1) is 12.8 Å². The number of nitrogens with one attached hydrogen (secondary N) is 1. The molecule has 0 bridgehead atoms. The zero-order chi connectivity index (χ0) is 19.4. The Balaban J connectivity index is 1.82. The standard InChI is InChI=1S/C19H24N6O2/c1-13(27-15-8-6-14(7-9-15)19(2,3)4)16-10-11-20-18-23-17(24-25(16)18)21-12-22-26-5/h6-13H,1-5H3,(H,21,22,24)/t13-/m1/s1. The highest BCUT2D eigenvalue weighted by Crippen LogP contribution is 2.27. The van der Waals surface area contributed by atoms with Crippen molar-refractivity contribution >= 4 is 18.1 Å². The molecule has 0 fully saturated rings. The molecule has 1 atom stereocenters. The first-order chi connectivity index (χ1) is 12.9. The summed E-state index contributed by atoms with van der Waals surface area (Å²) in [5, 5.41) is 4.36. The molecule has 142 valence electrons. The summed E-state index contributed by atoms with van der Waals surface area (Å²) in [5.41, 5.74) is 4.70. The highest BCUT2D eigenvalue weighted by molar-refractivity contribution is 5.57. The van der Waals surface area contributed by atoms with Crippen LogP contribution in [0.2, 0.25) is 0 Å². The highest BCUT2D eigenvalue weighted by Gasteiger charge is 2.16. The van der Waals surface area contributed by atoms with Crippen molar-refractivity contribution in [2.24, 2.45) is 4.99 Å². The van der Waals surface area contributed by atoms with E-state index in [1.807, 2.05) is 25.1 Å². The molecule has 0 unspecified atom stereocenters. The Bertz CT molecular complexity index is 928. The third kappa shape index (κ3) is 4.40. The van der Waals surface area contributed by atoms with E-state index < -0.39 is 0 Å². The predicted molar refractivity (Wildman–Crippen MR) is 103 cm³/mol. The van der Waals surface area contributed by atoms with Gasteiger partial charge in [-0.2, -0.15) is 14.5 Å². The maximum absolute atomic E-state index is 6.10. The maximum atomic E-state index is 6.10. The van der Waals surface area contributed by atoms with E-state index in [-0.39, 0.29) is 17.5 Å². The molecule has 0 saturated carbocycles. The number of hydrogen-bond acceptors (Lipinski definition) is 6. The normalized spacial score (nSPS) is 13.2. The summed E-state index contributed by atoms with van der Waals surface area (Å²) in [6.07, 6.45) is 2.81. The van der Waals surface area contributed by atoms with Gasteiger partial charge in [0.1, 0.15) is 18.2 Å². The largest absolute Gasteiger partial charge is 0.484 e. The van der Waals surface area contributed by atoms with E-state index in [0.717, 1.165) is 11.4 Å². The van der Waals surface area contributed by atoms with Crippen LogP contribution in [-0.2, 0) is 10.3 Å². The lowest BCUT2D eigenvalue weighted by Crippen LogP contribution is -2.12. The van der Waals surface area contributed by atoms with Crippen LogP contribution >= 0.6 is 0 Å². The van der Waals surface area contributed by atoms with Gasteiger partial charge in [-0.3, -0.25) is 10.3 Å². The molecule has 2 heterocycles. The fourth-order valence-electron chi connectivity index (χ4n) is 2.60. The lowest BCUT2D eigenvalue weighted by Gasteiger charge is -2.20. The molecule has 8 heteroatoms. The summed E-state index contributed by atoms with van der Waals surface area (Å²) >= 11 is 0. The van der Waals surface area contributed by atoms with E-state index in [9.17, 15) is 0 Å². The molecule has 0 radical (unpaired) electrons. The molecule has 0 saturated heterocycles. The van der Waals surface area contributed by atoms with Gasteiger partial charge in [0.25, 0.3) is 11.7 Å². The number of aliphatic imine (C=N–C) groups is 1. The molecule has 0 aliphatic rings. The fraction of sp³-hybridized carbons (Fsp3) is 0.368. The molecule has 1 aromatic carbocycles. The molecule has 8 nitrogen and oxygen atoms in total. The number of nitrogens with zero attached hydrogens (tertiary/aromatic N) is 5. The second kappa shape index (κ2) is 7.71. The van der Waals surface area contributed by atoms with Crippen LogP contribution in [0.3, 0.4) is 0 Å². The number of benzene rings is 1. The SMILES string of the molecule is CONC=Nc1nc2nccc([C@@H](C)Oc3ccc(C(C)(C)C)cc3)n2n1. The van der Waals surface area contributed by atoms with Gasteiger partial charge in [0.15, 0.2) is 0 Å². The summed E-state index contributed by atoms with van der Waals surface area (Å²) in [5.74, 6) is 1.53. The molecule has 3 rings (SSSR count). The number of hydrogen-bond donors (Lipinski definition) is 1. The Morgan fingerprint density at radius 1 is 1.19 bits per heavy atom. The molecular weight excluding hydrogens is 344 g/mol. The van der Waals surface area contributed by atoms with Crippen molar-refractivity contribution in [2.45, 2.75) is 39.2 Å². The van der Waals surface area contributed by atoms with E-state index >= 15 is 0 Å². The first-order valence-corrected chi connectivity index (χ1v) is 8.68. The molecule has 0 aliphatic heterocycles. The van der Waals surface area contributed by atoms with Crippen LogP contribution in [0.4, 0.5) is 5.95 Å². The Morgan fingerprint density at radius 3 is 2.59 bits per heavy atom. The summed E-state index contributed by atoms with van der Waals surface area (Å²) in [7, 11) is 1.50. The van der Waals surface area contributed by atoms with Gasteiger partial charge in [-0.15, -0.1) is 5.10 Å². The van der Waals surface area contributed by atoms with E-state index in [4.69, 9.17) is 9.57 Å². The Hall–Kier alpha value is -3.00. The Morgan fingerprint density at radius 2 is 1.93 bits per heavy atom. The Kier molecular flexibility index (Phi) is 5.36. The third-order valence-corrected chi connectivity index (χ3v) is 4.06. The molecule has 2 aromatic heterocycles. The quantitative estimate of drug-likeness (QED) is 0.408. The van der Waals surface area contributed by atoms with Crippen LogP contribution < -0.4 is 10.2 Å². The minimum absolute atomic E-state index is 0.108. The number of aromatic nitrogens is 4. The summed E-state index contributed by atoms with van der Waals surface area (Å²) in [6, 6.07) is 10.0. The van der Waals surface area contributed by atoms with Crippen molar-refractivity contribution in [1.29, 1.82) is 0 Å². The second-order valence-electron chi connectivity index (χ2n) is 7.11. The van der Waals surface area contributed by atoms with Crippen LogP contribution in [0.15, 0.2) is 41.5 Å². The van der Waals surface area contributed by atoms with Gasteiger partial charge in [0.2, 0.25) is 0 Å². The molecule has 0 amide bonds. The Labute approximate surface area is 158 Å². The van der Waals surface area contributed by atoms with Crippen LogP contribution in [0.25, 0.3) is 5.78 Å². The minimum atomic E-state index is -0.244. The lowest BCUT2D eigenvalue weighted by atomic mass is 9.87. The molecule has 3 aromatic rings. The monoisotopic (exact) mass is 368 g/mol. The summed E-state index contributed by atoms with van der Waals surface area (Å²) < 4.78 is 7.73. The van der Waals surface area contributed by atoms with Crippen molar-refractivity contribution in [1.82, 2.24) is 25.1 Å². The van der Waals surface area contributed by atoms with Crippen molar-refractivity contribution in [2.75, 3.05) is 7.11 Å². The number of hydroxylamine groups is 1. The van der Waals surface area contributed by atoms with E-state index in [0.29, 0.717) is 5.78 Å². The van der Waals surface area contributed by atoms with Crippen molar-refractivity contribution in [3.8, 4) is 5.75 Å². The summed E-state index contributed by atoms with van der Waals surface area (Å²) in [6.45, 7) is 8.52. The fourth-order valence-corrected chi connectivity index (χ4v) is 2.60. The third-order valence-electron chi connectivity index (χ3n) is 4.06. The van der Waals surface area contributed by atoms with Crippen LogP contribution in [-0.4, -0.2) is 33.0 Å². The van der Waals surface area contributed by atoms with Crippen molar-refractivity contribution < 1.29 is 9.57 Å². The topological polar surface area (TPSA) is 85.9 Å². The first kappa shape index (κ1) is 18.8. The van der Waals surface area contributed by atoms with Gasteiger partial charge >= 0.3 is 0 Å². The van der Waals surface area contributed by atoms with Crippen LogP contribution in [0, 0.1) is 0 Å². The van der Waals surface area contributed by atoms with Crippen LogP contribution in [0.1, 0.15) is 45.1 Å². The molecule has 0 spiro atoms. The second-order valence-corrected chi connectivity index (χ2v) is 7.11. The number of ether oxygens (including phenoxy) is 1. The minimum Gasteiger partial charge on any atom is -0.484 e. The number of fused-ring (bicyclic) bond motifs is 1. The average Bonchev–Trinajstić information content (AvgIpc) is 3.04. The smallest absolute Gasteiger partial charge is 0.272 e. The predicted octanol–water partition coefficient (Wildman–Crippen LogP) is 3.37. The van der Waals surface area contributed by atoms with Crippen molar-refractivity contribution in [3.05, 3.63) is 47.8 Å². The van der Waals surface area contributed by atoms with E-state index in [1.165, 1.54) is 19.0 Å². The number of rotatable bonds is 6. The maximum Gasteiger partial charge on any atom is 0.272 e. The van der Waals surface area contributed by atoms with E-state index in [1.54, 1.807) is 10.7 Å². The molecular formula is C19H24N6O2. The lowest BCUT2D eigenvalue weighted by molar-refractivity contribution is 0.148. The zero-order valence-corrected chi connectivity index (χ0v) is 16.2. The first-order valence-electron chi connectivity index (χ1n) is 8.68. The molecule has 27 heavy (non-hydrogen) atoms. The van der Waals surface area contributed by atoms with Gasteiger partial charge in [-0.05, 0) is 36.1 Å². The van der Waals surface area contributed by atoms with Gasteiger partial charge in [-0.25, -0.2) is 4.98 Å². The summed E-state index contributed by atoms with van der Waals surface area (Å²) in [4.78, 5) is 17.3. The van der Waals surface area contributed by atoms with Gasteiger partial charge in [0, 0.05) is 6.20 Å². The van der Waals surface area contributed by atoms with Gasteiger partial charge < -0.3 is 4.74 Å².